The van der Waals surface area contributed by atoms with Gasteiger partial charge in [-0.2, -0.15) is 8.42 Å². The van der Waals surface area contributed by atoms with Gasteiger partial charge >= 0.3 is 53.1 Å². The Labute approximate surface area is 681 Å². The van der Waals surface area contributed by atoms with E-state index in [0.717, 1.165) is 66.5 Å². The molecule has 5 aromatic rings. The van der Waals surface area contributed by atoms with Gasteiger partial charge in [0.15, 0.2) is 15.4 Å². The second kappa shape index (κ2) is 81.8. The van der Waals surface area contributed by atoms with E-state index in [0.29, 0.717) is 23.1 Å². The van der Waals surface area contributed by atoms with Crippen molar-refractivity contribution >= 4 is 242 Å². The Kier molecular flexibility index (Phi) is 98.3. The van der Waals surface area contributed by atoms with Crippen molar-refractivity contribution in [3.8, 4) is 0 Å². The van der Waals surface area contributed by atoms with E-state index in [-0.39, 0.29) is 141 Å². The molecule has 0 bridgehead atoms. The largest absolute Gasteiger partial charge is 1.00 e. The van der Waals surface area contributed by atoms with Crippen LogP contribution in [0.2, 0.25) is 0 Å². The van der Waals surface area contributed by atoms with E-state index in [4.69, 9.17) is 98.4 Å². The molecule has 6 rings (SSSR count). The third-order valence-corrected chi connectivity index (χ3v) is 12.3. The van der Waals surface area contributed by atoms with E-state index >= 15 is 0 Å². The molecule has 1 saturated heterocycles. The summed E-state index contributed by atoms with van der Waals surface area (Å²) in [5, 5.41) is 66.1. The Hall–Kier alpha value is -1.52. The fourth-order valence-corrected chi connectivity index (χ4v) is 8.35. The maximum absolute atomic E-state index is 11.3. The van der Waals surface area contributed by atoms with Gasteiger partial charge in [0.25, 0.3) is 0 Å². The number of amidine groups is 2. The number of aliphatic hydroxyl groups is 4. The number of carbonyl (C=O) groups excluding carboxylic acids is 2. The van der Waals surface area contributed by atoms with Crippen LogP contribution in [0.4, 0.5) is 0 Å². The Balaban J connectivity index is -0.0000000976. The predicted molar refractivity (Wildman–Crippen MR) is 430 cm³/mol. The first-order valence-electron chi connectivity index (χ1n) is 26.5. The molecule has 0 aromatic heterocycles. The van der Waals surface area contributed by atoms with Gasteiger partial charge in [0.05, 0.1) is 50.1 Å². The van der Waals surface area contributed by atoms with Crippen LogP contribution in [0, 0.1) is 10.8 Å². The SMILES string of the molecule is Br.Br.BrCCc1ccccc1CBr.BrP(Br)Br.C1CCOC1.CCO.CO.COC(=O)Cc1ccccc1C(=O)OC.ClCCl.N=C(N)SCCc1ccccc1CSC(=N)N.NC(N)=S.O=C(O)Cc1ccccc1C(=O)O.O=S(=O)(O)O.OCCc1ccccc1CO.[Al].[H-].[Li+]. The standard InChI is InChI=1S/C11H16N4S2.C11H12O4.C9H10Br2.C9H8O4.C9H12O2.C4H8O.C2H6O.CH2Cl2.CH4N2S.CH4O.Al.Br3P.2BrH.Li.H2O4S.H/c12-10(13)16-6-5-8-3-1-2-4-9(8)7-17-11(14)15;1-14-10(12)7-8-5-3-4-6-9(8)11(13)15-2;10-6-5-8-3-1-2-4-9(8)7-11;10-8(11)5-6-3-1-2-4-7(6)9(12)13;10-6-5-8-3-1-2-4-9(8)7-11;1-2-4-5-3-1;1-2-3;2-1-3;2-1(3)4;1-2;;1-4(2)3;;;;1-5(2,3)4;/h1-4H,5-7H2,(H3,12,13)(H3,14,15);3-6H,7H2,1-2H3;1-4H,5-7H2;1-4H,5H2,(H,10,11)(H,12,13);1-4,10-11H,5-7H2;1-4H2;3H,2H2,1H3;1H2;(H4,2,3,4);2H,1H3;;;2*1H;;(H2,1,2,3,4);/q;;;;;;;;;;;;;;+1;;-1. The monoisotopic (exact) mass is 1950 g/mol. The summed E-state index contributed by atoms with van der Waals surface area (Å²) in [7, 11) is -1.06. The summed E-state index contributed by atoms with van der Waals surface area (Å²) in [5.41, 5.74) is 28.4. The minimum absolute atomic E-state index is 0. The van der Waals surface area contributed by atoms with Crippen LogP contribution >= 0.6 is 175 Å². The Morgan fingerprint density at radius 3 is 1.31 bits per heavy atom. The molecule has 39 heteroatoms. The molecular formula is C58H87AlBr7Cl2LiN6O17PS4. The van der Waals surface area contributed by atoms with Gasteiger partial charge in [-0.3, -0.25) is 29.5 Å². The van der Waals surface area contributed by atoms with Crippen molar-refractivity contribution in [1.82, 2.24) is 0 Å². The fraction of sp³-hybridized carbons (Fsp3) is 0.362. The number of thiocarbonyl (C=S) groups is 1. The zero-order chi connectivity index (χ0) is 72.6. The first kappa shape index (κ1) is 117. The number of carboxylic acids is 2. The number of nitrogens with two attached hydrogens (primary N) is 4. The molecule has 18 N–H and O–H groups in total. The van der Waals surface area contributed by atoms with E-state index in [1.807, 2.05) is 42.5 Å². The van der Waals surface area contributed by atoms with Gasteiger partial charge in [0, 0.05) is 73.1 Å². The summed E-state index contributed by atoms with van der Waals surface area (Å²) in [6.07, 6.45) is 4.97. The molecule has 1 heterocycles. The van der Waals surface area contributed by atoms with Crippen molar-refractivity contribution in [3.05, 3.63) is 177 Å². The van der Waals surface area contributed by atoms with Crippen molar-refractivity contribution in [3.63, 3.8) is 0 Å². The van der Waals surface area contributed by atoms with Gasteiger partial charge in [0.1, 0.15) is 4.03 Å². The number of rotatable bonds is 17. The number of ether oxygens (including phenoxy) is 3. The van der Waals surface area contributed by atoms with Crippen LogP contribution in [0.1, 0.15) is 86.4 Å². The maximum Gasteiger partial charge on any atom is 1.00 e. The molecule has 3 radical (unpaired) electrons. The average molecular weight is 1960 g/mol. The quantitative estimate of drug-likeness (QED) is 0.00601. The first-order chi connectivity index (χ1) is 43.9. The summed E-state index contributed by atoms with van der Waals surface area (Å²) in [5.74, 6) is -1.45. The molecule has 97 heavy (non-hydrogen) atoms. The van der Waals surface area contributed by atoms with E-state index in [2.05, 4.69) is 142 Å². The molecule has 5 aromatic carbocycles. The number of nitrogens with one attached hydrogen (secondary N) is 2. The van der Waals surface area contributed by atoms with Gasteiger partial charge in [-0.05, 0) is 154 Å². The third-order valence-electron chi connectivity index (χ3n) is 9.83. The third kappa shape index (κ3) is 81.7. The zero-order valence-corrected chi connectivity index (χ0v) is 71.9. The van der Waals surface area contributed by atoms with Gasteiger partial charge in [-0.25, -0.2) is 9.59 Å². The van der Waals surface area contributed by atoms with Crippen LogP contribution in [0.15, 0.2) is 121 Å². The Morgan fingerprint density at radius 1 is 0.649 bits per heavy atom. The normalized spacial score (nSPS) is 9.67. The van der Waals surface area contributed by atoms with Crippen molar-refractivity contribution < 1.29 is 102 Å². The van der Waals surface area contributed by atoms with Crippen LogP contribution in [0.3, 0.4) is 0 Å². The van der Waals surface area contributed by atoms with Crippen molar-refractivity contribution in [2.24, 2.45) is 22.9 Å². The van der Waals surface area contributed by atoms with E-state index in [1.165, 1.54) is 85.0 Å². The van der Waals surface area contributed by atoms with Crippen molar-refractivity contribution in [2.45, 2.75) is 69.6 Å². The van der Waals surface area contributed by atoms with Gasteiger partial charge in [-0.15, -0.1) is 57.2 Å². The topological polar surface area (TPSA) is 444 Å². The minimum atomic E-state index is -4.67. The summed E-state index contributed by atoms with van der Waals surface area (Å²) < 4.78 is 45.5. The van der Waals surface area contributed by atoms with E-state index in [9.17, 15) is 19.2 Å². The summed E-state index contributed by atoms with van der Waals surface area (Å²) in [6, 6.07) is 37.0. The van der Waals surface area contributed by atoms with Crippen LogP contribution in [0.25, 0.3) is 0 Å². The number of aliphatic hydroxyl groups excluding tert-OH is 4. The number of esters is 2. The number of benzene rings is 5. The predicted octanol–water partition coefficient (Wildman–Crippen LogP) is 10.1. The number of aryl methyl sites for hydroxylation is 2. The number of carbonyl (C=O) groups is 4. The summed E-state index contributed by atoms with van der Waals surface area (Å²) in [4.78, 5) is 43.4. The molecular weight excluding hydrogens is 1880 g/mol. The molecule has 1 aliphatic rings. The molecule has 0 aliphatic carbocycles. The van der Waals surface area contributed by atoms with E-state index < -0.39 is 28.3 Å². The number of alkyl halides is 4. The smallest absolute Gasteiger partial charge is 1.00 e. The van der Waals surface area contributed by atoms with Gasteiger partial charge < -0.3 is 69.2 Å². The number of halogens is 9. The number of carboxylic acid groups (broad SMARTS) is 2. The Bertz CT molecular complexity index is 2870. The van der Waals surface area contributed by atoms with Gasteiger partial charge in [0.2, 0.25) is 0 Å². The number of aromatic carboxylic acids is 1. The summed E-state index contributed by atoms with van der Waals surface area (Å²) in [6.45, 7) is 4.12. The first-order valence-corrected chi connectivity index (χ1v) is 40.9. The van der Waals surface area contributed by atoms with Crippen LogP contribution in [0.5, 0.6) is 0 Å². The minimum Gasteiger partial charge on any atom is -1.00 e. The maximum atomic E-state index is 11.3. The molecule has 0 saturated carbocycles. The molecule has 23 nitrogen and oxygen atoms in total. The second-order valence-electron chi connectivity index (χ2n) is 16.3. The molecule has 0 spiro atoms. The van der Waals surface area contributed by atoms with Crippen LogP contribution < -0.4 is 41.8 Å². The molecule has 1 aliphatic heterocycles. The molecule has 0 atom stereocenters. The van der Waals surface area contributed by atoms with Crippen molar-refractivity contribution in [2.75, 3.05) is 64.2 Å². The number of thioether (sulfide) groups is 2. The number of hydrogen-bond acceptors (Lipinski definition) is 18. The van der Waals surface area contributed by atoms with Gasteiger partial charge in [-0.1, -0.05) is 165 Å². The molecule has 1 fully saturated rings. The van der Waals surface area contributed by atoms with Crippen LogP contribution in [-0.4, -0.2) is 169 Å². The fourth-order valence-electron chi connectivity index (χ4n) is 6.25. The molecule has 0 amide bonds. The number of methoxy groups -OCH3 is 2. The average Bonchev–Trinajstić information content (AvgIpc) is 0.956. The zero-order valence-electron chi connectivity index (χ0n) is 54.7. The second-order valence-corrected chi connectivity index (χ2v) is 37.4. The number of aliphatic carboxylic acids is 1. The molecule has 547 valence electrons. The van der Waals surface area contributed by atoms with Crippen molar-refractivity contribution in [1.29, 1.82) is 10.8 Å². The number of hydrogen-bond donors (Lipinski definition) is 14. The van der Waals surface area contributed by atoms with E-state index in [1.54, 1.807) is 43.3 Å². The molecule has 0 unspecified atom stereocenters. The Morgan fingerprint density at radius 2 is 0.990 bits per heavy atom. The van der Waals surface area contributed by atoms with Crippen LogP contribution in [-0.2, 0) is 84.0 Å². The summed E-state index contributed by atoms with van der Waals surface area (Å²) >= 11 is 32.7.